The zero-order chi connectivity index (χ0) is 12.1. The van der Waals surface area contributed by atoms with E-state index in [0.29, 0.717) is 12.1 Å². The van der Waals surface area contributed by atoms with Gasteiger partial charge in [-0.1, -0.05) is 12.1 Å². The fraction of sp³-hybridized carbons (Fsp3) is 0.750. The summed E-state index contributed by atoms with van der Waals surface area (Å²) in [5, 5.41) is 7.72. The molecule has 1 fully saturated rings. The Morgan fingerprint density at radius 1 is 1.65 bits per heavy atom. The van der Waals surface area contributed by atoms with E-state index in [4.69, 9.17) is 4.74 Å². The molecule has 0 N–H and O–H groups in total. The highest BCUT2D eigenvalue weighted by Crippen LogP contribution is 2.18. The predicted octanol–water partition coefficient (Wildman–Crippen LogP) is 1.83. The van der Waals surface area contributed by atoms with Crippen LogP contribution < -0.4 is 0 Å². The molecule has 0 amide bonds. The molecule has 0 aromatic carbocycles. The molecule has 1 aromatic rings. The molecule has 17 heavy (non-hydrogen) atoms. The molecule has 0 bridgehead atoms. The minimum Gasteiger partial charge on any atom is -0.378 e. The second-order valence-corrected chi connectivity index (χ2v) is 4.44. The Balaban J connectivity index is 1.87. The molecular formula is C12H19N3O2. The molecule has 5 nitrogen and oxygen atoms in total. The average Bonchev–Trinajstić information content (AvgIpc) is 2.97. The molecule has 0 saturated carbocycles. The minimum absolute atomic E-state index is 0.124. The van der Waals surface area contributed by atoms with E-state index in [0.717, 1.165) is 38.8 Å². The first kappa shape index (κ1) is 12.2. The van der Waals surface area contributed by atoms with Crippen LogP contribution in [0.2, 0.25) is 0 Å². The number of carbonyl (C=O) groups excluding carboxylic acids is 1. The van der Waals surface area contributed by atoms with Gasteiger partial charge in [0, 0.05) is 19.6 Å². The van der Waals surface area contributed by atoms with Gasteiger partial charge in [-0.05, 0) is 25.7 Å². The smallest absolute Gasteiger partial charge is 0.182 e. The lowest BCUT2D eigenvalue weighted by molar-refractivity contribution is 0.0852. The number of aryl methyl sites for hydroxylation is 1. The number of hydrogen-bond acceptors (Lipinski definition) is 4. The molecule has 1 atom stereocenters. The second-order valence-electron chi connectivity index (χ2n) is 4.44. The molecule has 0 aliphatic carbocycles. The monoisotopic (exact) mass is 237 g/mol. The molecule has 2 heterocycles. The Bertz CT molecular complexity index is 370. The number of nitrogens with zero attached hydrogens (tertiary/aromatic N) is 3. The van der Waals surface area contributed by atoms with Crippen LogP contribution in [-0.2, 0) is 11.3 Å². The van der Waals surface area contributed by atoms with Crippen molar-refractivity contribution in [3.8, 4) is 0 Å². The maximum Gasteiger partial charge on any atom is 0.182 e. The van der Waals surface area contributed by atoms with Gasteiger partial charge in [0.05, 0.1) is 12.3 Å². The van der Waals surface area contributed by atoms with E-state index in [1.54, 1.807) is 10.9 Å². The van der Waals surface area contributed by atoms with Crippen molar-refractivity contribution in [3.05, 3.63) is 11.9 Å². The summed E-state index contributed by atoms with van der Waals surface area (Å²) in [5.41, 5.74) is 0.629. The van der Waals surface area contributed by atoms with Crippen molar-refractivity contribution in [1.82, 2.24) is 15.0 Å². The molecule has 94 valence electrons. The van der Waals surface area contributed by atoms with Gasteiger partial charge in [-0.2, -0.15) is 0 Å². The van der Waals surface area contributed by atoms with Crippen molar-refractivity contribution in [3.63, 3.8) is 0 Å². The maximum absolute atomic E-state index is 12.0. The minimum atomic E-state index is 0.124. The second kappa shape index (κ2) is 5.91. The summed E-state index contributed by atoms with van der Waals surface area (Å²) in [6.07, 6.45) is 6.34. The van der Waals surface area contributed by atoms with Crippen LogP contribution in [0.15, 0.2) is 6.20 Å². The van der Waals surface area contributed by atoms with Crippen LogP contribution in [0, 0.1) is 0 Å². The van der Waals surface area contributed by atoms with Gasteiger partial charge in [-0.3, -0.25) is 4.79 Å². The highest BCUT2D eigenvalue weighted by Gasteiger charge is 2.19. The highest BCUT2D eigenvalue weighted by molar-refractivity contribution is 5.94. The first-order valence-corrected chi connectivity index (χ1v) is 6.34. The SMILES string of the molecule is CCCn1nncc1C(=O)CCC1CCCO1. The molecule has 1 unspecified atom stereocenters. The lowest BCUT2D eigenvalue weighted by Crippen LogP contribution is -2.13. The van der Waals surface area contributed by atoms with Crippen LogP contribution in [0.1, 0.15) is 49.5 Å². The maximum atomic E-state index is 12.0. The molecule has 0 spiro atoms. The predicted molar refractivity (Wildman–Crippen MR) is 62.9 cm³/mol. The number of hydrogen-bond donors (Lipinski definition) is 0. The average molecular weight is 237 g/mol. The lowest BCUT2D eigenvalue weighted by atomic mass is 10.1. The first-order valence-electron chi connectivity index (χ1n) is 6.34. The van der Waals surface area contributed by atoms with Crippen LogP contribution in [-0.4, -0.2) is 33.5 Å². The van der Waals surface area contributed by atoms with Crippen molar-refractivity contribution in [2.75, 3.05) is 6.61 Å². The third-order valence-electron chi connectivity index (χ3n) is 3.06. The molecule has 5 heteroatoms. The van der Waals surface area contributed by atoms with Crippen LogP contribution >= 0.6 is 0 Å². The number of Topliss-reactive ketones (excluding diaryl/α,β-unsaturated/α-hetero) is 1. The number of ether oxygens (including phenoxy) is 1. The molecule has 1 aliphatic rings. The van der Waals surface area contributed by atoms with Crippen molar-refractivity contribution in [1.29, 1.82) is 0 Å². The van der Waals surface area contributed by atoms with E-state index in [2.05, 4.69) is 17.2 Å². The summed E-state index contributed by atoms with van der Waals surface area (Å²) in [6.45, 7) is 3.65. The van der Waals surface area contributed by atoms with Gasteiger partial charge in [-0.15, -0.1) is 5.10 Å². The van der Waals surface area contributed by atoms with Gasteiger partial charge < -0.3 is 4.74 Å². The van der Waals surface area contributed by atoms with Crippen molar-refractivity contribution >= 4 is 5.78 Å². The fourth-order valence-electron chi connectivity index (χ4n) is 2.14. The summed E-state index contributed by atoms with van der Waals surface area (Å²) in [5.74, 6) is 0.124. The van der Waals surface area contributed by atoms with Crippen LogP contribution in [0.4, 0.5) is 0 Å². The van der Waals surface area contributed by atoms with E-state index in [9.17, 15) is 4.79 Å². The number of carbonyl (C=O) groups is 1. The van der Waals surface area contributed by atoms with Gasteiger partial charge in [0.25, 0.3) is 0 Å². The number of rotatable bonds is 6. The number of ketones is 1. The standard InChI is InChI=1S/C12H19N3O2/c1-2-7-15-11(9-13-14-15)12(16)6-5-10-4-3-8-17-10/h9-10H,2-8H2,1H3. The van der Waals surface area contributed by atoms with Gasteiger partial charge in [0.1, 0.15) is 5.69 Å². The number of aromatic nitrogens is 3. The van der Waals surface area contributed by atoms with Gasteiger partial charge >= 0.3 is 0 Å². The normalized spacial score (nSPS) is 19.7. The van der Waals surface area contributed by atoms with Crippen molar-refractivity contribution < 1.29 is 9.53 Å². The summed E-state index contributed by atoms with van der Waals surface area (Å²) >= 11 is 0. The van der Waals surface area contributed by atoms with Gasteiger partial charge in [0.2, 0.25) is 0 Å². The largest absolute Gasteiger partial charge is 0.378 e. The summed E-state index contributed by atoms with van der Waals surface area (Å²) in [6, 6.07) is 0. The van der Waals surface area contributed by atoms with E-state index in [1.807, 2.05) is 0 Å². The Morgan fingerprint density at radius 3 is 3.24 bits per heavy atom. The molecule has 1 saturated heterocycles. The zero-order valence-electron chi connectivity index (χ0n) is 10.3. The molecular weight excluding hydrogens is 218 g/mol. The zero-order valence-corrected chi connectivity index (χ0v) is 10.3. The Morgan fingerprint density at radius 2 is 2.53 bits per heavy atom. The Hall–Kier alpha value is -1.23. The van der Waals surface area contributed by atoms with Crippen LogP contribution in [0.25, 0.3) is 0 Å². The fourth-order valence-corrected chi connectivity index (χ4v) is 2.14. The Kier molecular flexibility index (Phi) is 4.25. The van der Waals surface area contributed by atoms with Gasteiger partial charge in [0.15, 0.2) is 5.78 Å². The highest BCUT2D eigenvalue weighted by atomic mass is 16.5. The van der Waals surface area contributed by atoms with Gasteiger partial charge in [-0.25, -0.2) is 4.68 Å². The Labute approximate surface area is 101 Å². The summed E-state index contributed by atoms with van der Waals surface area (Å²) in [4.78, 5) is 12.0. The van der Waals surface area contributed by atoms with Crippen LogP contribution in [0.3, 0.4) is 0 Å². The molecule has 1 aliphatic heterocycles. The third kappa shape index (κ3) is 3.12. The van der Waals surface area contributed by atoms with E-state index < -0.39 is 0 Å². The molecule has 2 rings (SSSR count). The molecule has 1 aromatic heterocycles. The molecule has 0 radical (unpaired) electrons. The lowest BCUT2D eigenvalue weighted by Gasteiger charge is -2.08. The van der Waals surface area contributed by atoms with Crippen LogP contribution in [0.5, 0.6) is 0 Å². The quantitative estimate of drug-likeness (QED) is 0.708. The first-order chi connectivity index (χ1) is 8.31. The summed E-state index contributed by atoms with van der Waals surface area (Å²) in [7, 11) is 0. The van der Waals surface area contributed by atoms with E-state index in [1.165, 1.54) is 0 Å². The third-order valence-corrected chi connectivity index (χ3v) is 3.06. The van der Waals surface area contributed by atoms with E-state index in [-0.39, 0.29) is 11.9 Å². The van der Waals surface area contributed by atoms with E-state index >= 15 is 0 Å². The summed E-state index contributed by atoms with van der Waals surface area (Å²) < 4.78 is 7.20. The van der Waals surface area contributed by atoms with Crippen molar-refractivity contribution in [2.24, 2.45) is 0 Å². The van der Waals surface area contributed by atoms with Crippen molar-refractivity contribution in [2.45, 2.75) is 51.7 Å². The topological polar surface area (TPSA) is 57.0 Å².